The van der Waals surface area contributed by atoms with E-state index in [2.05, 4.69) is 20.7 Å². The number of pyridine rings is 1. The van der Waals surface area contributed by atoms with Crippen LogP contribution in [0.25, 0.3) is 0 Å². The molecular weight excluding hydrogens is 368 g/mol. The van der Waals surface area contributed by atoms with E-state index in [1.807, 2.05) is 24.1 Å². The van der Waals surface area contributed by atoms with Crippen LogP contribution in [0, 0.1) is 0 Å². The van der Waals surface area contributed by atoms with Gasteiger partial charge in [-0.3, -0.25) is 4.72 Å². The quantitative estimate of drug-likeness (QED) is 0.795. The first-order valence-electron chi connectivity index (χ1n) is 8.71. The molecule has 1 aromatic heterocycles. The minimum atomic E-state index is -3.53. The van der Waals surface area contributed by atoms with Gasteiger partial charge in [0.15, 0.2) is 0 Å². The van der Waals surface area contributed by atoms with E-state index in [1.54, 1.807) is 12.3 Å². The molecule has 2 aliphatic heterocycles. The third-order valence-corrected chi connectivity index (χ3v) is 5.94. The van der Waals surface area contributed by atoms with Crippen LogP contribution in [0.3, 0.4) is 0 Å². The zero-order valence-corrected chi connectivity index (χ0v) is 16.1. The van der Waals surface area contributed by atoms with Crippen LogP contribution in [0.1, 0.15) is 5.56 Å². The first-order valence-corrected chi connectivity index (χ1v) is 10.4. The molecule has 0 unspecified atom stereocenters. The number of rotatable bonds is 1. The smallest absolute Gasteiger partial charge is 0.238 e. The van der Waals surface area contributed by atoms with Crippen LogP contribution in [0.5, 0.6) is 11.6 Å². The SMILES string of the molecule is COc1ncc2cc1NS(=O)(=O)CCN(C)Cc1ccc3c(c1)N2CCO3. The van der Waals surface area contributed by atoms with Gasteiger partial charge in [0.05, 0.1) is 37.0 Å². The molecule has 0 fully saturated rings. The van der Waals surface area contributed by atoms with Crippen LogP contribution in [-0.4, -0.2) is 57.9 Å². The maximum atomic E-state index is 12.5. The van der Waals surface area contributed by atoms with Crippen LogP contribution in [0.4, 0.5) is 17.1 Å². The van der Waals surface area contributed by atoms with Gasteiger partial charge in [-0.2, -0.15) is 0 Å². The van der Waals surface area contributed by atoms with E-state index in [9.17, 15) is 8.42 Å². The summed E-state index contributed by atoms with van der Waals surface area (Å²) >= 11 is 0. The average molecular weight is 390 g/mol. The fourth-order valence-electron chi connectivity index (χ4n) is 3.34. The topological polar surface area (TPSA) is 84.0 Å². The van der Waals surface area contributed by atoms with E-state index in [4.69, 9.17) is 9.47 Å². The molecule has 1 aromatic carbocycles. The van der Waals surface area contributed by atoms with Gasteiger partial charge in [-0.05, 0) is 30.8 Å². The second kappa shape index (κ2) is 6.90. The Morgan fingerprint density at radius 3 is 2.93 bits per heavy atom. The summed E-state index contributed by atoms with van der Waals surface area (Å²) in [6.45, 7) is 2.24. The number of hydrogen-bond donors (Lipinski definition) is 1. The number of sulfonamides is 1. The third kappa shape index (κ3) is 3.65. The number of hydrogen-bond acceptors (Lipinski definition) is 7. The van der Waals surface area contributed by atoms with Gasteiger partial charge in [0.2, 0.25) is 15.9 Å². The largest absolute Gasteiger partial charge is 0.490 e. The van der Waals surface area contributed by atoms with E-state index < -0.39 is 10.0 Å². The minimum absolute atomic E-state index is 0.0192. The Labute approximate surface area is 158 Å². The highest BCUT2D eigenvalue weighted by molar-refractivity contribution is 7.92. The van der Waals surface area contributed by atoms with Crippen LogP contribution in [-0.2, 0) is 16.6 Å². The monoisotopic (exact) mass is 390 g/mol. The van der Waals surface area contributed by atoms with Gasteiger partial charge < -0.3 is 19.3 Å². The Bertz CT molecular complexity index is 964. The standard InChI is InChI=1S/C18H22N4O4S/c1-21-6-8-27(23,24)20-15-10-14(11-19-18(15)25-2)22-5-7-26-17-4-3-13(12-21)9-16(17)22/h3-4,9-11,20H,5-8,12H2,1-2H3. The molecular formula is C18H22N4O4S. The molecule has 0 aliphatic carbocycles. The van der Waals surface area contributed by atoms with E-state index in [0.717, 1.165) is 22.7 Å². The molecule has 8 nitrogen and oxygen atoms in total. The molecule has 2 aliphatic rings. The Morgan fingerprint density at radius 1 is 1.26 bits per heavy atom. The molecule has 0 radical (unpaired) electrons. The molecule has 2 aromatic rings. The van der Waals surface area contributed by atoms with Gasteiger partial charge in [-0.1, -0.05) is 6.07 Å². The lowest BCUT2D eigenvalue weighted by molar-refractivity contribution is 0.313. The van der Waals surface area contributed by atoms with Crippen molar-refractivity contribution in [1.29, 1.82) is 0 Å². The van der Waals surface area contributed by atoms with Crippen LogP contribution < -0.4 is 19.1 Å². The fraction of sp³-hybridized carbons (Fsp3) is 0.389. The van der Waals surface area contributed by atoms with Crippen molar-refractivity contribution in [3.05, 3.63) is 36.0 Å². The fourth-order valence-corrected chi connectivity index (χ4v) is 4.48. The number of anilines is 3. The van der Waals surface area contributed by atoms with Gasteiger partial charge in [0.1, 0.15) is 18.0 Å². The molecule has 0 atom stereocenters. The van der Waals surface area contributed by atoms with Crippen molar-refractivity contribution in [3.63, 3.8) is 0 Å². The molecule has 4 rings (SSSR count). The normalized spacial score (nSPS) is 19.0. The summed E-state index contributed by atoms with van der Waals surface area (Å²) in [7, 11) is -0.155. The summed E-state index contributed by atoms with van der Waals surface area (Å²) < 4.78 is 38.7. The number of aromatic nitrogens is 1. The Morgan fingerprint density at radius 2 is 2.11 bits per heavy atom. The van der Waals surface area contributed by atoms with E-state index >= 15 is 0 Å². The Hall–Kier alpha value is -2.52. The highest BCUT2D eigenvalue weighted by atomic mass is 32.2. The van der Waals surface area contributed by atoms with Gasteiger partial charge in [0.25, 0.3) is 0 Å². The molecule has 0 spiro atoms. The van der Waals surface area contributed by atoms with Crippen molar-refractivity contribution >= 4 is 27.1 Å². The zero-order valence-electron chi connectivity index (χ0n) is 15.3. The van der Waals surface area contributed by atoms with Crippen molar-refractivity contribution < 1.29 is 17.9 Å². The molecule has 4 bridgehead atoms. The highest BCUT2D eigenvalue weighted by Gasteiger charge is 2.24. The van der Waals surface area contributed by atoms with Crippen LogP contribution in [0.15, 0.2) is 30.5 Å². The summed E-state index contributed by atoms with van der Waals surface area (Å²) in [4.78, 5) is 8.37. The molecule has 9 heteroatoms. The van der Waals surface area contributed by atoms with E-state index in [1.165, 1.54) is 7.11 Å². The Kier molecular flexibility index (Phi) is 4.56. The zero-order chi connectivity index (χ0) is 19.0. The molecule has 27 heavy (non-hydrogen) atoms. The van der Waals surface area contributed by atoms with E-state index in [-0.39, 0.29) is 11.6 Å². The van der Waals surface area contributed by atoms with E-state index in [0.29, 0.717) is 31.9 Å². The molecule has 1 N–H and O–H groups in total. The number of methoxy groups -OCH3 is 1. The highest BCUT2D eigenvalue weighted by Crippen LogP contribution is 2.39. The second-order valence-corrected chi connectivity index (χ2v) is 8.55. The first kappa shape index (κ1) is 17.9. The summed E-state index contributed by atoms with van der Waals surface area (Å²) in [5, 5.41) is 0. The number of fused-ring (bicyclic) bond motifs is 4. The lowest BCUT2D eigenvalue weighted by atomic mass is 10.1. The number of ether oxygens (including phenoxy) is 2. The maximum Gasteiger partial charge on any atom is 0.238 e. The van der Waals surface area contributed by atoms with Crippen LogP contribution >= 0.6 is 0 Å². The molecule has 0 amide bonds. The summed E-state index contributed by atoms with van der Waals surface area (Å²) in [6, 6.07) is 7.83. The molecule has 0 saturated carbocycles. The summed E-state index contributed by atoms with van der Waals surface area (Å²) in [6.07, 6.45) is 1.68. The van der Waals surface area contributed by atoms with Crippen LogP contribution in [0.2, 0.25) is 0 Å². The predicted octanol–water partition coefficient (Wildman–Crippen LogP) is 1.81. The molecule has 0 saturated heterocycles. The number of benzene rings is 1. The Balaban J connectivity index is 1.87. The molecule has 144 valence electrons. The summed E-state index contributed by atoms with van der Waals surface area (Å²) in [5.74, 6) is 1.03. The molecule has 3 heterocycles. The van der Waals surface area contributed by atoms with Gasteiger partial charge in [0, 0.05) is 13.1 Å². The summed E-state index contributed by atoms with van der Waals surface area (Å²) in [5.41, 5.74) is 3.16. The van der Waals surface area contributed by atoms with Crippen molar-refractivity contribution in [1.82, 2.24) is 9.88 Å². The van der Waals surface area contributed by atoms with Crippen molar-refractivity contribution in [2.75, 3.05) is 49.2 Å². The van der Waals surface area contributed by atoms with Gasteiger partial charge in [-0.15, -0.1) is 0 Å². The van der Waals surface area contributed by atoms with Crippen molar-refractivity contribution in [2.45, 2.75) is 6.54 Å². The second-order valence-electron chi connectivity index (χ2n) is 6.71. The van der Waals surface area contributed by atoms with Gasteiger partial charge >= 0.3 is 0 Å². The van der Waals surface area contributed by atoms with Crippen molar-refractivity contribution in [3.8, 4) is 11.6 Å². The lowest BCUT2D eigenvalue weighted by Gasteiger charge is -2.32. The number of nitrogens with one attached hydrogen (secondary N) is 1. The average Bonchev–Trinajstić information content (AvgIpc) is 2.65. The maximum absolute atomic E-state index is 12.5. The van der Waals surface area contributed by atoms with Gasteiger partial charge in [-0.25, -0.2) is 13.4 Å². The van der Waals surface area contributed by atoms with Crippen molar-refractivity contribution in [2.24, 2.45) is 0 Å². The third-order valence-electron chi connectivity index (χ3n) is 4.69. The number of nitrogens with zero attached hydrogens (tertiary/aromatic N) is 3. The first-order chi connectivity index (χ1) is 12.9. The predicted molar refractivity (Wildman–Crippen MR) is 103 cm³/mol. The lowest BCUT2D eigenvalue weighted by Crippen LogP contribution is -2.29. The minimum Gasteiger partial charge on any atom is -0.490 e.